The van der Waals surface area contributed by atoms with Gasteiger partial charge >= 0.3 is 0 Å². The van der Waals surface area contributed by atoms with Crippen molar-refractivity contribution >= 4 is 0 Å². The number of aryl methyl sites for hydroxylation is 2. The van der Waals surface area contributed by atoms with Gasteiger partial charge in [-0.2, -0.15) is 0 Å². The molecule has 0 saturated heterocycles. The van der Waals surface area contributed by atoms with Crippen molar-refractivity contribution in [2.75, 3.05) is 40.9 Å². The van der Waals surface area contributed by atoms with Gasteiger partial charge in [0, 0.05) is 12.8 Å². The smallest absolute Gasteiger partial charge is 0.118 e. The van der Waals surface area contributed by atoms with Gasteiger partial charge in [0.15, 0.2) is 0 Å². The average molecular weight is 448 g/mol. The molecule has 4 heteroatoms. The Kier molecular flexibility index (Phi) is 9.35. The molecule has 0 aromatic heterocycles. The second-order valence-electron chi connectivity index (χ2n) is 9.17. The van der Waals surface area contributed by atoms with Gasteiger partial charge in [-0.3, -0.25) is 0 Å². The molecular weight excluding hydrogens is 408 g/mol. The summed E-state index contributed by atoms with van der Waals surface area (Å²) in [6.07, 6.45) is 4.40. The highest BCUT2D eigenvalue weighted by Gasteiger charge is 2.25. The highest BCUT2D eigenvalue weighted by Crippen LogP contribution is 2.20. The van der Waals surface area contributed by atoms with Gasteiger partial charge in [0.05, 0.1) is 46.9 Å². The summed E-state index contributed by atoms with van der Waals surface area (Å²) >= 11 is 0. The van der Waals surface area contributed by atoms with Gasteiger partial charge in [-0.1, -0.05) is 54.6 Å². The first-order valence-corrected chi connectivity index (χ1v) is 11.9. The minimum Gasteiger partial charge on any atom is -0.497 e. The van der Waals surface area contributed by atoms with Crippen LogP contribution in [0.15, 0.2) is 78.9 Å². The monoisotopic (exact) mass is 447 g/mol. The summed E-state index contributed by atoms with van der Waals surface area (Å²) in [5.74, 6) is 1.82. The fraction of sp³-hybridized carbons (Fsp3) is 0.379. The summed E-state index contributed by atoms with van der Waals surface area (Å²) in [5, 5.41) is 0. The summed E-state index contributed by atoms with van der Waals surface area (Å²) in [6, 6.07) is 27.4. The van der Waals surface area contributed by atoms with E-state index < -0.39 is 0 Å². The molecule has 1 atom stereocenters. The molecule has 2 N–H and O–H groups in total. The topological polar surface area (TPSA) is 44.5 Å². The Morgan fingerprint density at radius 2 is 1.15 bits per heavy atom. The number of benzene rings is 3. The zero-order chi connectivity index (χ0) is 23.5. The zero-order valence-corrected chi connectivity index (χ0v) is 20.4. The fourth-order valence-electron chi connectivity index (χ4n) is 4.49. The Labute approximate surface area is 199 Å². The molecule has 0 amide bonds. The summed E-state index contributed by atoms with van der Waals surface area (Å²) in [4.78, 5) is 0. The van der Waals surface area contributed by atoms with Crippen molar-refractivity contribution in [1.82, 2.24) is 0 Å². The molecule has 3 aromatic carbocycles. The largest absolute Gasteiger partial charge is 0.497 e. The van der Waals surface area contributed by atoms with E-state index in [2.05, 4.69) is 55.6 Å². The molecule has 0 heterocycles. The van der Waals surface area contributed by atoms with E-state index >= 15 is 0 Å². The molecule has 0 radical (unpaired) electrons. The summed E-state index contributed by atoms with van der Waals surface area (Å²) in [5.41, 5.74) is 10.6. The third-order valence-electron chi connectivity index (χ3n) is 6.51. The number of ether oxygens (including phenoxy) is 2. The van der Waals surface area contributed by atoms with Crippen molar-refractivity contribution in [3.63, 3.8) is 0 Å². The van der Waals surface area contributed by atoms with Crippen molar-refractivity contribution < 1.29 is 14.0 Å². The first kappa shape index (κ1) is 24.8. The van der Waals surface area contributed by atoms with Gasteiger partial charge in [-0.15, -0.1) is 0 Å². The van der Waals surface area contributed by atoms with Crippen molar-refractivity contribution in [2.24, 2.45) is 5.73 Å². The molecule has 176 valence electrons. The third kappa shape index (κ3) is 7.92. The molecule has 3 rings (SSSR count). The summed E-state index contributed by atoms with van der Waals surface area (Å²) in [7, 11) is 5.78. The molecule has 33 heavy (non-hydrogen) atoms. The highest BCUT2D eigenvalue weighted by atomic mass is 16.5. The Bertz CT molecular complexity index is 886. The van der Waals surface area contributed by atoms with Crippen LogP contribution in [-0.2, 0) is 12.8 Å². The molecular formula is C29H39N2O2+. The number of hydrogen-bond donors (Lipinski definition) is 1. The number of nitrogens with zero attached hydrogens (tertiary/aromatic N) is 1. The molecule has 0 aliphatic heterocycles. The number of nitrogens with two attached hydrogens (primary N) is 1. The van der Waals surface area contributed by atoms with Crippen molar-refractivity contribution in [1.29, 1.82) is 0 Å². The van der Waals surface area contributed by atoms with Gasteiger partial charge in [0.1, 0.15) is 11.5 Å². The highest BCUT2D eigenvalue weighted by molar-refractivity contribution is 5.28. The van der Waals surface area contributed by atoms with E-state index in [1.54, 1.807) is 14.2 Å². The maximum absolute atomic E-state index is 6.67. The van der Waals surface area contributed by atoms with Gasteiger partial charge in [0.2, 0.25) is 0 Å². The second-order valence-corrected chi connectivity index (χ2v) is 9.17. The van der Waals surface area contributed by atoms with Gasteiger partial charge in [-0.05, 0) is 53.8 Å². The molecule has 0 bridgehead atoms. The van der Waals surface area contributed by atoms with E-state index in [0.29, 0.717) is 0 Å². The predicted molar refractivity (Wildman–Crippen MR) is 137 cm³/mol. The molecule has 0 saturated carbocycles. The Morgan fingerprint density at radius 1 is 0.697 bits per heavy atom. The van der Waals surface area contributed by atoms with E-state index in [9.17, 15) is 0 Å². The van der Waals surface area contributed by atoms with E-state index in [-0.39, 0.29) is 6.04 Å². The summed E-state index contributed by atoms with van der Waals surface area (Å²) in [6.45, 7) is 3.15. The lowest BCUT2D eigenvalue weighted by Gasteiger charge is -2.37. The van der Waals surface area contributed by atoms with Gasteiger partial charge < -0.3 is 19.7 Å². The first-order valence-electron chi connectivity index (χ1n) is 11.9. The number of quaternary nitrogens is 1. The van der Waals surface area contributed by atoms with Crippen LogP contribution in [0.4, 0.5) is 0 Å². The van der Waals surface area contributed by atoms with Crippen LogP contribution in [0.3, 0.4) is 0 Å². The normalized spacial score (nSPS) is 12.4. The lowest BCUT2D eigenvalue weighted by molar-refractivity contribution is -0.911. The molecule has 0 aliphatic carbocycles. The maximum atomic E-state index is 6.67. The van der Waals surface area contributed by atoms with Crippen LogP contribution in [-0.4, -0.2) is 45.4 Å². The minimum absolute atomic E-state index is 0.0400. The Balaban J connectivity index is 1.60. The zero-order valence-electron chi connectivity index (χ0n) is 20.4. The fourth-order valence-corrected chi connectivity index (χ4v) is 4.49. The van der Waals surface area contributed by atoms with Crippen molar-refractivity contribution in [2.45, 2.75) is 31.7 Å². The lowest BCUT2D eigenvalue weighted by Crippen LogP contribution is -2.49. The van der Waals surface area contributed by atoms with Gasteiger partial charge in [-0.25, -0.2) is 0 Å². The van der Waals surface area contributed by atoms with Gasteiger partial charge in [0.25, 0.3) is 0 Å². The number of likely N-dealkylation sites (N-methyl/N-ethyl adjacent to an activating group) is 1. The predicted octanol–water partition coefficient (Wildman–Crippen LogP) is 5.42. The van der Waals surface area contributed by atoms with Crippen LogP contribution in [0, 0.1) is 0 Å². The average Bonchev–Trinajstić information content (AvgIpc) is 2.85. The van der Waals surface area contributed by atoms with Crippen molar-refractivity contribution in [3.05, 3.63) is 95.6 Å². The Morgan fingerprint density at radius 3 is 1.58 bits per heavy atom. The maximum Gasteiger partial charge on any atom is 0.118 e. The van der Waals surface area contributed by atoms with Crippen molar-refractivity contribution in [3.8, 4) is 11.5 Å². The number of hydrogen-bond acceptors (Lipinski definition) is 3. The van der Waals surface area contributed by atoms with Crippen LogP contribution < -0.4 is 15.2 Å². The molecule has 4 nitrogen and oxygen atoms in total. The van der Waals surface area contributed by atoms with Crippen LogP contribution in [0.2, 0.25) is 0 Å². The number of methoxy groups -OCH3 is 2. The van der Waals surface area contributed by atoms with E-state index in [1.807, 2.05) is 30.3 Å². The standard InChI is InChI=1S/C29H39N2O2/c1-31(23-29(30)26-11-5-4-6-12-26,21-7-9-24-13-17-27(32-2)18-14-24)22-8-10-25-15-19-28(33-3)20-16-25/h4-6,11-20,29H,7-10,21-23,30H2,1-3H3/q+1. The third-order valence-corrected chi connectivity index (χ3v) is 6.51. The van der Waals surface area contributed by atoms with Crippen LogP contribution >= 0.6 is 0 Å². The molecule has 0 spiro atoms. The second kappa shape index (κ2) is 12.4. The van der Waals surface area contributed by atoms with Crippen LogP contribution in [0.25, 0.3) is 0 Å². The summed E-state index contributed by atoms with van der Waals surface area (Å²) < 4.78 is 11.5. The Hall–Kier alpha value is -2.82. The molecule has 3 aromatic rings. The van der Waals surface area contributed by atoms with E-state index in [4.69, 9.17) is 15.2 Å². The van der Waals surface area contributed by atoms with Crippen LogP contribution in [0.1, 0.15) is 35.6 Å². The minimum atomic E-state index is 0.0400. The SMILES string of the molecule is COc1ccc(CCC[N+](C)(CCCc2ccc(OC)cc2)CC(N)c2ccccc2)cc1. The lowest BCUT2D eigenvalue weighted by atomic mass is 10.0. The number of rotatable bonds is 13. The molecule has 1 unspecified atom stereocenters. The first-order chi connectivity index (χ1) is 16.0. The molecule has 0 fully saturated rings. The van der Waals surface area contributed by atoms with Crippen LogP contribution in [0.5, 0.6) is 11.5 Å². The quantitative estimate of drug-likeness (QED) is 0.356. The van der Waals surface area contributed by atoms with E-state index in [1.165, 1.54) is 16.7 Å². The van der Waals surface area contributed by atoms with E-state index in [0.717, 1.165) is 61.3 Å². The molecule has 0 aliphatic rings.